The molecule has 0 radical (unpaired) electrons. The molecule has 0 bridgehead atoms. The Balaban J connectivity index is 2.19. The van der Waals surface area contributed by atoms with Gasteiger partial charge in [0.15, 0.2) is 5.78 Å². The third kappa shape index (κ3) is 2.45. The first-order chi connectivity index (χ1) is 9.70. The largest absolute Gasteiger partial charge is 0.294 e. The number of benzene rings is 1. The third-order valence-electron chi connectivity index (χ3n) is 3.73. The van der Waals surface area contributed by atoms with Crippen LogP contribution in [0.15, 0.2) is 34.5 Å². The van der Waals surface area contributed by atoms with Crippen LogP contribution in [0.4, 0.5) is 0 Å². The fraction of sp³-hybridized carbons (Fsp3) is 0.353. The molecule has 3 heteroatoms. The zero-order chi connectivity index (χ0) is 14.1. The summed E-state index contributed by atoms with van der Waals surface area (Å²) < 4.78 is 0. The van der Waals surface area contributed by atoms with Crippen LogP contribution in [0.3, 0.4) is 0 Å². The molecule has 2 aromatic rings. The number of hydrogen-bond donors (Lipinski definition) is 0. The van der Waals surface area contributed by atoms with Gasteiger partial charge in [0.25, 0.3) is 0 Å². The first kappa shape index (κ1) is 13.9. The predicted octanol–water partition coefficient (Wildman–Crippen LogP) is 5.29. The molecule has 1 heterocycles. The van der Waals surface area contributed by atoms with Crippen LogP contribution < -0.4 is 0 Å². The van der Waals surface area contributed by atoms with Gasteiger partial charge in [0.2, 0.25) is 0 Å². The lowest BCUT2D eigenvalue weighted by Crippen LogP contribution is -2.19. The highest BCUT2D eigenvalue weighted by molar-refractivity contribution is 7.99. The minimum absolute atomic E-state index is 0.327. The van der Waals surface area contributed by atoms with Gasteiger partial charge >= 0.3 is 0 Å². The Morgan fingerprint density at radius 1 is 1.30 bits per heavy atom. The van der Waals surface area contributed by atoms with Crippen molar-refractivity contribution in [3.05, 3.63) is 40.8 Å². The number of fused-ring (bicyclic) bond motifs is 1. The van der Waals surface area contributed by atoms with E-state index in [4.69, 9.17) is 0 Å². The maximum atomic E-state index is 12.5. The SMILES string of the molecule is CCSc1ccc(-c2cccs2)c2c1C(=O)CC(C)C2. The summed E-state index contributed by atoms with van der Waals surface area (Å²) in [6.45, 7) is 4.32. The van der Waals surface area contributed by atoms with Gasteiger partial charge in [-0.15, -0.1) is 23.1 Å². The zero-order valence-electron chi connectivity index (χ0n) is 11.8. The number of ketones is 1. The maximum absolute atomic E-state index is 12.5. The van der Waals surface area contributed by atoms with Crippen molar-refractivity contribution in [3.8, 4) is 10.4 Å². The van der Waals surface area contributed by atoms with Crippen LogP contribution in [0.25, 0.3) is 10.4 Å². The van der Waals surface area contributed by atoms with Crippen LogP contribution in [-0.4, -0.2) is 11.5 Å². The number of hydrogen-bond acceptors (Lipinski definition) is 3. The van der Waals surface area contributed by atoms with Crippen LogP contribution in [-0.2, 0) is 6.42 Å². The molecule has 3 rings (SSSR count). The van der Waals surface area contributed by atoms with Gasteiger partial charge in [0, 0.05) is 21.8 Å². The molecule has 20 heavy (non-hydrogen) atoms. The van der Waals surface area contributed by atoms with Crippen molar-refractivity contribution in [2.24, 2.45) is 5.92 Å². The van der Waals surface area contributed by atoms with E-state index < -0.39 is 0 Å². The summed E-state index contributed by atoms with van der Waals surface area (Å²) in [5, 5.41) is 2.10. The average molecular weight is 302 g/mol. The monoisotopic (exact) mass is 302 g/mol. The van der Waals surface area contributed by atoms with Crippen molar-refractivity contribution in [3.63, 3.8) is 0 Å². The summed E-state index contributed by atoms with van der Waals surface area (Å²) in [5.74, 6) is 1.79. The first-order valence-corrected chi connectivity index (χ1v) is 8.93. The van der Waals surface area contributed by atoms with Crippen LogP contribution in [0.5, 0.6) is 0 Å². The normalized spacial score (nSPS) is 18.1. The molecule has 1 unspecified atom stereocenters. The third-order valence-corrected chi connectivity index (χ3v) is 5.57. The molecule has 1 atom stereocenters. The van der Waals surface area contributed by atoms with E-state index in [1.807, 2.05) is 0 Å². The fourth-order valence-corrected chi connectivity index (χ4v) is 4.56. The Bertz CT molecular complexity index is 629. The van der Waals surface area contributed by atoms with Crippen molar-refractivity contribution in [1.82, 2.24) is 0 Å². The highest BCUT2D eigenvalue weighted by Crippen LogP contribution is 2.40. The molecule has 0 spiro atoms. The molecule has 1 nitrogen and oxygen atoms in total. The second-order valence-electron chi connectivity index (χ2n) is 5.31. The highest BCUT2D eigenvalue weighted by atomic mass is 32.2. The average Bonchev–Trinajstić information content (AvgIpc) is 2.92. The van der Waals surface area contributed by atoms with Crippen LogP contribution >= 0.6 is 23.1 Å². The quantitative estimate of drug-likeness (QED) is 0.716. The van der Waals surface area contributed by atoms with Crippen molar-refractivity contribution in [2.45, 2.75) is 31.6 Å². The van der Waals surface area contributed by atoms with Crippen LogP contribution in [0.1, 0.15) is 36.2 Å². The lowest BCUT2D eigenvalue weighted by molar-refractivity contribution is 0.0950. The number of thiophene rings is 1. The summed E-state index contributed by atoms with van der Waals surface area (Å²) >= 11 is 3.54. The summed E-state index contributed by atoms with van der Waals surface area (Å²) in [4.78, 5) is 14.9. The van der Waals surface area contributed by atoms with Gasteiger partial charge in [0.05, 0.1) is 0 Å². The molecule has 1 aliphatic rings. The lowest BCUT2D eigenvalue weighted by atomic mass is 9.81. The Morgan fingerprint density at radius 3 is 2.85 bits per heavy atom. The molecule has 0 aliphatic heterocycles. The number of thioether (sulfide) groups is 1. The molecule has 0 fully saturated rings. The topological polar surface area (TPSA) is 17.1 Å². The lowest BCUT2D eigenvalue weighted by Gasteiger charge is -2.25. The Hall–Kier alpha value is -1.06. The Labute approximate surface area is 128 Å². The molecule has 104 valence electrons. The molecular formula is C17H18OS2. The van der Waals surface area contributed by atoms with Gasteiger partial charge in [-0.3, -0.25) is 4.79 Å². The second-order valence-corrected chi connectivity index (χ2v) is 7.57. The molecule has 1 aliphatic carbocycles. The van der Waals surface area contributed by atoms with Gasteiger partial charge in [0.1, 0.15) is 0 Å². The van der Waals surface area contributed by atoms with Gasteiger partial charge < -0.3 is 0 Å². The Morgan fingerprint density at radius 2 is 2.15 bits per heavy atom. The van der Waals surface area contributed by atoms with E-state index in [1.165, 1.54) is 20.9 Å². The van der Waals surface area contributed by atoms with E-state index in [9.17, 15) is 4.79 Å². The Kier molecular flexibility index (Phi) is 3.99. The summed E-state index contributed by atoms with van der Waals surface area (Å²) in [6, 6.07) is 8.57. The number of Topliss-reactive ketones (excluding diaryl/α,β-unsaturated/α-hetero) is 1. The van der Waals surface area contributed by atoms with E-state index in [2.05, 4.69) is 43.5 Å². The van der Waals surface area contributed by atoms with E-state index >= 15 is 0 Å². The van der Waals surface area contributed by atoms with Crippen molar-refractivity contribution >= 4 is 28.9 Å². The number of carbonyl (C=O) groups is 1. The van der Waals surface area contributed by atoms with Crippen LogP contribution in [0.2, 0.25) is 0 Å². The first-order valence-electron chi connectivity index (χ1n) is 7.06. The number of carbonyl (C=O) groups excluding carboxylic acids is 1. The molecular weight excluding hydrogens is 284 g/mol. The van der Waals surface area contributed by atoms with E-state index in [-0.39, 0.29) is 0 Å². The molecule has 0 N–H and O–H groups in total. The summed E-state index contributed by atoms with van der Waals surface area (Å²) in [5.41, 5.74) is 3.53. The minimum atomic E-state index is 0.327. The summed E-state index contributed by atoms with van der Waals surface area (Å²) in [7, 11) is 0. The standard InChI is InChI=1S/C17H18OS2/c1-3-19-16-7-6-12(15-5-4-8-20-15)13-9-11(2)10-14(18)17(13)16/h4-8,11H,3,9-10H2,1-2H3. The van der Waals surface area contributed by atoms with E-state index in [0.717, 1.165) is 17.7 Å². The second kappa shape index (κ2) is 5.74. The van der Waals surface area contributed by atoms with Gasteiger partial charge in [-0.1, -0.05) is 26.0 Å². The molecule has 0 saturated carbocycles. The predicted molar refractivity (Wildman–Crippen MR) is 88.0 cm³/mol. The van der Waals surface area contributed by atoms with Crippen molar-refractivity contribution in [2.75, 3.05) is 5.75 Å². The molecule has 0 amide bonds. The minimum Gasteiger partial charge on any atom is -0.294 e. The highest BCUT2D eigenvalue weighted by Gasteiger charge is 2.27. The van der Waals surface area contributed by atoms with Gasteiger partial charge in [-0.25, -0.2) is 0 Å². The molecule has 1 aromatic carbocycles. The van der Waals surface area contributed by atoms with E-state index in [0.29, 0.717) is 18.1 Å². The smallest absolute Gasteiger partial charge is 0.164 e. The fourth-order valence-electron chi connectivity index (χ4n) is 2.92. The molecule has 1 aromatic heterocycles. The summed E-state index contributed by atoms with van der Waals surface area (Å²) in [6.07, 6.45) is 1.71. The van der Waals surface area contributed by atoms with Gasteiger partial charge in [-0.2, -0.15) is 0 Å². The molecule has 0 saturated heterocycles. The van der Waals surface area contributed by atoms with Crippen molar-refractivity contribution in [1.29, 1.82) is 0 Å². The van der Waals surface area contributed by atoms with E-state index in [1.54, 1.807) is 23.1 Å². The van der Waals surface area contributed by atoms with Crippen LogP contribution in [0, 0.1) is 5.92 Å². The van der Waals surface area contributed by atoms with Crippen molar-refractivity contribution < 1.29 is 4.79 Å². The zero-order valence-corrected chi connectivity index (χ0v) is 13.4. The van der Waals surface area contributed by atoms with Gasteiger partial charge in [-0.05, 0) is 46.7 Å². The number of rotatable bonds is 3. The maximum Gasteiger partial charge on any atom is 0.164 e.